The second kappa shape index (κ2) is 8.68. The van der Waals surface area contributed by atoms with Crippen LogP contribution in [0.3, 0.4) is 0 Å². The standard InChI is InChI=1S/C31H26N2/c1-4-28-23(3)29-20-24-10-8-9-11-25(24)21-31(29)33(27-16-14-22(2)15-17-27)19-18-30(28)32-26-12-6-5-7-13-26/h4-21,32H,1,3H2,2H3/b19-18-,30-28+. The zero-order valence-corrected chi connectivity index (χ0v) is 18.8. The number of nitrogens with one attached hydrogen (secondary N) is 1. The highest BCUT2D eigenvalue weighted by atomic mass is 15.1. The van der Waals surface area contributed by atoms with Gasteiger partial charge in [0.1, 0.15) is 0 Å². The maximum atomic E-state index is 4.52. The number of para-hydroxylation sites is 1. The van der Waals surface area contributed by atoms with Crippen LogP contribution in [0.1, 0.15) is 11.1 Å². The molecule has 0 bridgehead atoms. The molecule has 0 atom stereocenters. The van der Waals surface area contributed by atoms with Gasteiger partial charge in [-0.2, -0.15) is 0 Å². The molecule has 0 amide bonds. The van der Waals surface area contributed by atoms with Crippen LogP contribution in [0.2, 0.25) is 0 Å². The topological polar surface area (TPSA) is 15.3 Å². The van der Waals surface area contributed by atoms with E-state index in [4.69, 9.17) is 0 Å². The van der Waals surface area contributed by atoms with Crippen molar-refractivity contribution in [3.63, 3.8) is 0 Å². The molecule has 4 aromatic rings. The molecule has 0 saturated heterocycles. The highest BCUT2D eigenvalue weighted by Crippen LogP contribution is 2.40. The van der Waals surface area contributed by atoms with E-state index >= 15 is 0 Å². The average molecular weight is 427 g/mol. The van der Waals surface area contributed by atoms with Crippen molar-refractivity contribution in [1.29, 1.82) is 0 Å². The van der Waals surface area contributed by atoms with Gasteiger partial charge in [0, 0.05) is 34.4 Å². The van der Waals surface area contributed by atoms with Gasteiger partial charge in [-0.3, -0.25) is 0 Å². The van der Waals surface area contributed by atoms with Crippen molar-refractivity contribution in [2.24, 2.45) is 0 Å². The number of rotatable bonds is 4. The molecule has 0 unspecified atom stereocenters. The fourth-order valence-corrected chi connectivity index (χ4v) is 4.25. The van der Waals surface area contributed by atoms with Gasteiger partial charge in [-0.15, -0.1) is 0 Å². The maximum absolute atomic E-state index is 4.52. The summed E-state index contributed by atoms with van der Waals surface area (Å²) in [5, 5.41) is 5.95. The predicted octanol–water partition coefficient (Wildman–Crippen LogP) is 8.38. The molecule has 33 heavy (non-hydrogen) atoms. The van der Waals surface area contributed by atoms with Crippen LogP contribution in [0, 0.1) is 6.92 Å². The lowest BCUT2D eigenvalue weighted by molar-refractivity contribution is 1.25. The van der Waals surface area contributed by atoms with Crippen molar-refractivity contribution in [2.45, 2.75) is 6.92 Å². The minimum atomic E-state index is 0.936. The number of allylic oxidation sites excluding steroid dienone is 4. The van der Waals surface area contributed by atoms with Gasteiger partial charge in [-0.1, -0.05) is 79.4 Å². The molecule has 0 radical (unpaired) electrons. The molecule has 0 aromatic heterocycles. The zero-order valence-electron chi connectivity index (χ0n) is 18.8. The van der Waals surface area contributed by atoms with E-state index in [-0.39, 0.29) is 0 Å². The summed E-state index contributed by atoms with van der Waals surface area (Å²) in [5.41, 5.74) is 8.40. The normalized spacial score (nSPS) is 16.6. The Labute approximate surface area is 195 Å². The number of benzene rings is 4. The molecule has 1 aliphatic rings. The van der Waals surface area contributed by atoms with Gasteiger partial charge in [0.2, 0.25) is 0 Å². The summed E-state index contributed by atoms with van der Waals surface area (Å²) in [5.74, 6) is 0. The van der Waals surface area contributed by atoms with Gasteiger partial charge in [0.15, 0.2) is 0 Å². The molecule has 0 fully saturated rings. The quantitative estimate of drug-likeness (QED) is 0.352. The van der Waals surface area contributed by atoms with Gasteiger partial charge in [-0.05, 0) is 65.7 Å². The SMILES string of the molecule is C=C/C1=C(Nc2ccccc2)/C=C\N(c2ccc(C)cc2)c2cc3ccccc3cc2C1=C. The number of anilines is 3. The Hall–Kier alpha value is -4.30. The summed E-state index contributed by atoms with van der Waals surface area (Å²) < 4.78 is 0. The Morgan fingerprint density at radius 1 is 0.818 bits per heavy atom. The summed E-state index contributed by atoms with van der Waals surface area (Å²) in [7, 11) is 0. The van der Waals surface area contributed by atoms with Crippen LogP contribution in [-0.2, 0) is 0 Å². The highest BCUT2D eigenvalue weighted by molar-refractivity contribution is 5.98. The Kier molecular flexibility index (Phi) is 5.42. The maximum Gasteiger partial charge on any atom is 0.0540 e. The first-order valence-corrected chi connectivity index (χ1v) is 11.1. The van der Waals surface area contributed by atoms with Crippen LogP contribution in [-0.4, -0.2) is 0 Å². The lowest BCUT2D eigenvalue weighted by Crippen LogP contribution is -2.14. The van der Waals surface area contributed by atoms with Crippen LogP contribution in [0.5, 0.6) is 0 Å². The van der Waals surface area contributed by atoms with Crippen molar-refractivity contribution in [1.82, 2.24) is 0 Å². The van der Waals surface area contributed by atoms with Crippen LogP contribution >= 0.6 is 0 Å². The number of hydrogen-bond donors (Lipinski definition) is 1. The number of aryl methyl sites for hydroxylation is 1. The Bertz CT molecular complexity index is 1410. The second-order valence-electron chi connectivity index (χ2n) is 8.24. The van der Waals surface area contributed by atoms with Crippen molar-refractivity contribution in [3.8, 4) is 0 Å². The third-order valence-electron chi connectivity index (χ3n) is 6.02. The Balaban J connectivity index is 1.74. The lowest BCUT2D eigenvalue weighted by Gasteiger charge is -2.28. The Morgan fingerprint density at radius 2 is 1.48 bits per heavy atom. The van der Waals surface area contributed by atoms with E-state index in [1.165, 1.54) is 16.3 Å². The molecular weight excluding hydrogens is 400 g/mol. The van der Waals surface area contributed by atoms with Gasteiger partial charge in [0.25, 0.3) is 0 Å². The monoisotopic (exact) mass is 426 g/mol. The van der Waals surface area contributed by atoms with E-state index in [1.807, 2.05) is 24.3 Å². The average Bonchev–Trinajstić information content (AvgIpc) is 2.84. The van der Waals surface area contributed by atoms with Crippen molar-refractivity contribution >= 4 is 33.4 Å². The van der Waals surface area contributed by atoms with Crippen molar-refractivity contribution in [2.75, 3.05) is 10.2 Å². The van der Waals surface area contributed by atoms with Crippen LogP contribution in [0.15, 0.2) is 134 Å². The molecule has 1 aliphatic heterocycles. The van der Waals surface area contributed by atoms with Gasteiger partial charge < -0.3 is 10.2 Å². The minimum Gasteiger partial charge on any atom is -0.355 e. The zero-order chi connectivity index (χ0) is 22.8. The first kappa shape index (κ1) is 20.6. The molecule has 2 heteroatoms. The summed E-state index contributed by atoms with van der Waals surface area (Å²) >= 11 is 0. The van der Waals surface area contributed by atoms with Crippen LogP contribution < -0.4 is 10.2 Å². The fraction of sp³-hybridized carbons (Fsp3) is 0.0323. The first-order chi connectivity index (χ1) is 16.1. The van der Waals surface area contributed by atoms with E-state index in [0.717, 1.165) is 39.5 Å². The van der Waals surface area contributed by atoms with Gasteiger partial charge in [-0.25, -0.2) is 0 Å². The predicted molar refractivity (Wildman–Crippen MR) is 143 cm³/mol. The molecular formula is C31H26N2. The molecule has 1 heterocycles. The van der Waals surface area contributed by atoms with E-state index in [9.17, 15) is 0 Å². The van der Waals surface area contributed by atoms with Crippen molar-refractivity contribution in [3.05, 3.63) is 145 Å². The molecule has 160 valence electrons. The molecule has 5 rings (SSSR count). The van der Waals surface area contributed by atoms with E-state index < -0.39 is 0 Å². The number of fused-ring (bicyclic) bond motifs is 2. The molecule has 0 spiro atoms. The van der Waals surface area contributed by atoms with Crippen LogP contribution in [0.25, 0.3) is 16.3 Å². The van der Waals surface area contributed by atoms with Crippen molar-refractivity contribution < 1.29 is 0 Å². The van der Waals surface area contributed by atoms with Crippen LogP contribution in [0.4, 0.5) is 17.1 Å². The summed E-state index contributed by atoms with van der Waals surface area (Å²) in [4.78, 5) is 2.24. The number of nitrogens with zero attached hydrogens (tertiary/aromatic N) is 1. The van der Waals surface area contributed by atoms with Gasteiger partial charge >= 0.3 is 0 Å². The summed E-state index contributed by atoms with van der Waals surface area (Å²) in [6.45, 7) is 10.7. The second-order valence-corrected chi connectivity index (χ2v) is 8.24. The third-order valence-corrected chi connectivity index (χ3v) is 6.02. The Morgan fingerprint density at radius 3 is 2.18 bits per heavy atom. The minimum absolute atomic E-state index is 0.936. The fourth-order valence-electron chi connectivity index (χ4n) is 4.25. The highest BCUT2D eigenvalue weighted by Gasteiger charge is 2.20. The molecule has 0 aliphatic carbocycles. The number of hydrogen-bond acceptors (Lipinski definition) is 2. The third kappa shape index (κ3) is 3.99. The van der Waals surface area contributed by atoms with Gasteiger partial charge in [0.05, 0.1) is 5.69 Å². The first-order valence-electron chi connectivity index (χ1n) is 11.1. The smallest absolute Gasteiger partial charge is 0.0540 e. The lowest BCUT2D eigenvalue weighted by atomic mass is 9.92. The largest absolute Gasteiger partial charge is 0.355 e. The van der Waals surface area contributed by atoms with E-state index in [2.05, 4.69) is 115 Å². The molecule has 1 N–H and O–H groups in total. The molecule has 0 saturated carbocycles. The molecule has 2 nitrogen and oxygen atoms in total. The van der Waals surface area contributed by atoms with E-state index in [0.29, 0.717) is 0 Å². The summed E-state index contributed by atoms with van der Waals surface area (Å²) in [6, 6.07) is 31.7. The summed E-state index contributed by atoms with van der Waals surface area (Å²) in [6.07, 6.45) is 6.12. The van der Waals surface area contributed by atoms with E-state index in [1.54, 1.807) is 0 Å². The molecule has 4 aromatic carbocycles.